The van der Waals surface area contributed by atoms with Crippen LogP contribution < -0.4 is 25.4 Å². The van der Waals surface area contributed by atoms with Gasteiger partial charge in [-0.1, -0.05) is 29.3 Å². The second-order valence-corrected chi connectivity index (χ2v) is 5.98. The highest BCUT2D eigenvalue weighted by Gasteiger charge is 2.13. The molecule has 0 atom stereocenters. The Morgan fingerprint density at radius 1 is 0.960 bits per heavy atom. The smallest absolute Gasteiger partial charge is 0.231 e. The van der Waals surface area contributed by atoms with E-state index in [4.69, 9.17) is 43.5 Å². The Bertz CT molecular complexity index is 828. The number of guanidine groups is 2. The standard InChI is InChI=1S/C16H15Cl2N5O2/c17-11-3-1-9(5-12(11)18)7-21-15(19)23-16(20)22-10-2-4-13-14(6-10)25-8-24-13/h1-6H,7-8H2,(H5,19,20,21,22,23). The minimum absolute atomic E-state index is 0.0238. The highest BCUT2D eigenvalue weighted by atomic mass is 35.5. The fraction of sp³-hybridized carbons (Fsp3) is 0.125. The van der Waals surface area contributed by atoms with Crippen molar-refractivity contribution >= 4 is 40.8 Å². The Hall–Kier alpha value is -2.64. The predicted octanol–water partition coefficient (Wildman–Crippen LogP) is 3.38. The first-order chi connectivity index (χ1) is 12.0. The van der Waals surface area contributed by atoms with Crippen molar-refractivity contribution in [2.45, 2.75) is 6.54 Å². The van der Waals surface area contributed by atoms with E-state index in [1.807, 2.05) is 6.07 Å². The van der Waals surface area contributed by atoms with Gasteiger partial charge in [-0.25, -0.2) is 0 Å². The van der Waals surface area contributed by atoms with Crippen molar-refractivity contribution in [2.75, 3.05) is 12.1 Å². The van der Waals surface area contributed by atoms with Crippen LogP contribution in [0.15, 0.2) is 36.4 Å². The monoisotopic (exact) mass is 379 g/mol. The molecular weight excluding hydrogens is 365 g/mol. The van der Waals surface area contributed by atoms with Crippen LogP contribution in [-0.2, 0) is 6.54 Å². The molecule has 2 aromatic carbocycles. The average Bonchev–Trinajstić information content (AvgIpc) is 3.03. The zero-order chi connectivity index (χ0) is 17.8. The minimum Gasteiger partial charge on any atom is -0.454 e. The first-order valence-electron chi connectivity index (χ1n) is 7.30. The molecule has 5 N–H and O–H groups in total. The fourth-order valence-electron chi connectivity index (χ4n) is 2.16. The van der Waals surface area contributed by atoms with E-state index in [0.29, 0.717) is 33.8 Å². The third kappa shape index (κ3) is 4.46. The Morgan fingerprint density at radius 2 is 1.76 bits per heavy atom. The van der Waals surface area contributed by atoms with E-state index in [1.165, 1.54) is 0 Å². The van der Waals surface area contributed by atoms with Crippen molar-refractivity contribution in [1.29, 1.82) is 10.8 Å². The topological polar surface area (TPSA) is 102 Å². The van der Waals surface area contributed by atoms with E-state index >= 15 is 0 Å². The minimum atomic E-state index is -0.0505. The van der Waals surface area contributed by atoms with E-state index in [0.717, 1.165) is 5.56 Å². The van der Waals surface area contributed by atoms with Crippen LogP contribution in [-0.4, -0.2) is 18.7 Å². The number of hydrogen-bond acceptors (Lipinski definition) is 4. The molecule has 0 fully saturated rings. The SMILES string of the molecule is N=C(NCc1ccc(Cl)c(Cl)c1)NC(=N)Nc1ccc2c(c1)OCO2. The van der Waals surface area contributed by atoms with E-state index in [9.17, 15) is 0 Å². The maximum absolute atomic E-state index is 7.89. The van der Waals surface area contributed by atoms with Crippen molar-refractivity contribution in [3.63, 3.8) is 0 Å². The third-order valence-corrected chi connectivity index (χ3v) is 4.08. The lowest BCUT2D eigenvalue weighted by Crippen LogP contribution is -2.42. The number of rotatable bonds is 3. The Labute approximate surface area is 154 Å². The predicted molar refractivity (Wildman–Crippen MR) is 98.1 cm³/mol. The lowest BCUT2D eigenvalue weighted by Gasteiger charge is -2.13. The summed E-state index contributed by atoms with van der Waals surface area (Å²) in [6, 6.07) is 10.5. The molecule has 1 aliphatic rings. The molecule has 9 heteroatoms. The summed E-state index contributed by atoms with van der Waals surface area (Å²) < 4.78 is 10.5. The van der Waals surface area contributed by atoms with Gasteiger partial charge in [-0.15, -0.1) is 0 Å². The molecule has 0 aliphatic carbocycles. The lowest BCUT2D eigenvalue weighted by atomic mass is 10.2. The zero-order valence-corrected chi connectivity index (χ0v) is 14.5. The summed E-state index contributed by atoms with van der Waals surface area (Å²) >= 11 is 11.8. The first kappa shape index (κ1) is 17.2. The largest absolute Gasteiger partial charge is 0.454 e. The van der Waals surface area contributed by atoms with Crippen LogP contribution in [0.2, 0.25) is 10.0 Å². The summed E-state index contributed by atoms with van der Waals surface area (Å²) in [7, 11) is 0. The average molecular weight is 380 g/mol. The highest BCUT2D eigenvalue weighted by Crippen LogP contribution is 2.34. The van der Waals surface area contributed by atoms with Crippen molar-refractivity contribution in [1.82, 2.24) is 10.6 Å². The molecule has 0 spiro atoms. The summed E-state index contributed by atoms with van der Waals surface area (Å²) in [6.45, 7) is 0.567. The van der Waals surface area contributed by atoms with E-state index in [-0.39, 0.29) is 18.7 Å². The van der Waals surface area contributed by atoms with Gasteiger partial charge in [-0.3, -0.25) is 16.1 Å². The highest BCUT2D eigenvalue weighted by molar-refractivity contribution is 6.42. The number of halogens is 2. The molecule has 0 radical (unpaired) electrons. The molecule has 0 saturated carbocycles. The van der Waals surface area contributed by atoms with Crippen LogP contribution in [0.1, 0.15) is 5.56 Å². The molecule has 1 heterocycles. The molecule has 0 unspecified atom stereocenters. The quantitative estimate of drug-likeness (QED) is 0.415. The van der Waals surface area contributed by atoms with Gasteiger partial charge in [0.1, 0.15) is 0 Å². The van der Waals surface area contributed by atoms with Crippen LogP contribution in [0.4, 0.5) is 5.69 Å². The summed E-state index contributed by atoms with van der Waals surface area (Å²) in [5.74, 6) is 1.21. The van der Waals surface area contributed by atoms with E-state index in [2.05, 4.69) is 16.0 Å². The number of ether oxygens (including phenoxy) is 2. The normalized spacial score (nSPS) is 11.8. The van der Waals surface area contributed by atoms with Crippen molar-refractivity contribution in [2.24, 2.45) is 0 Å². The summed E-state index contributed by atoms with van der Waals surface area (Å²) in [4.78, 5) is 0. The fourth-order valence-corrected chi connectivity index (χ4v) is 2.48. The second kappa shape index (κ2) is 7.50. The maximum atomic E-state index is 7.89. The van der Waals surface area contributed by atoms with Gasteiger partial charge in [-0.2, -0.15) is 0 Å². The molecular formula is C16H15Cl2N5O2. The molecule has 25 heavy (non-hydrogen) atoms. The lowest BCUT2D eigenvalue weighted by molar-refractivity contribution is 0.174. The van der Waals surface area contributed by atoms with Gasteiger partial charge in [0.05, 0.1) is 10.0 Å². The van der Waals surface area contributed by atoms with Crippen LogP contribution in [0, 0.1) is 10.8 Å². The van der Waals surface area contributed by atoms with Crippen LogP contribution in [0.3, 0.4) is 0 Å². The van der Waals surface area contributed by atoms with E-state index in [1.54, 1.807) is 30.3 Å². The van der Waals surface area contributed by atoms with Gasteiger partial charge in [0.2, 0.25) is 6.79 Å². The number of anilines is 1. The second-order valence-electron chi connectivity index (χ2n) is 5.17. The van der Waals surface area contributed by atoms with E-state index < -0.39 is 0 Å². The third-order valence-electron chi connectivity index (χ3n) is 3.35. The molecule has 130 valence electrons. The summed E-state index contributed by atoms with van der Waals surface area (Å²) in [5.41, 5.74) is 1.52. The molecule has 7 nitrogen and oxygen atoms in total. The first-order valence-corrected chi connectivity index (χ1v) is 8.05. The Balaban J connectivity index is 1.49. The Kier molecular flexibility index (Phi) is 5.16. The van der Waals surface area contributed by atoms with Crippen LogP contribution in [0.5, 0.6) is 11.5 Å². The van der Waals surface area contributed by atoms with Gasteiger partial charge in [0, 0.05) is 18.3 Å². The number of fused-ring (bicyclic) bond motifs is 1. The molecule has 2 aromatic rings. The molecule has 0 amide bonds. The van der Waals surface area contributed by atoms with Gasteiger partial charge < -0.3 is 20.1 Å². The number of benzene rings is 2. The molecule has 3 rings (SSSR count). The van der Waals surface area contributed by atoms with Crippen LogP contribution in [0.25, 0.3) is 0 Å². The van der Waals surface area contributed by atoms with Crippen molar-refractivity contribution in [3.8, 4) is 11.5 Å². The number of hydrogen-bond donors (Lipinski definition) is 5. The Morgan fingerprint density at radius 3 is 2.56 bits per heavy atom. The molecule has 0 aromatic heterocycles. The van der Waals surface area contributed by atoms with Gasteiger partial charge in [-0.05, 0) is 29.8 Å². The summed E-state index contributed by atoms with van der Waals surface area (Å²) in [5, 5.41) is 25.0. The summed E-state index contributed by atoms with van der Waals surface area (Å²) in [6.07, 6.45) is 0. The van der Waals surface area contributed by atoms with Gasteiger partial charge >= 0.3 is 0 Å². The van der Waals surface area contributed by atoms with Gasteiger partial charge in [0.15, 0.2) is 23.4 Å². The van der Waals surface area contributed by atoms with Crippen molar-refractivity contribution in [3.05, 3.63) is 52.0 Å². The van der Waals surface area contributed by atoms with Gasteiger partial charge in [0.25, 0.3) is 0 Å². The molecule has 1 aliphatic heterocycles. The zero-order valence-electron chi connectivity index (χ0n) is 13.0. The molecule has 0 saturated heterocycles. The van der Waals surface area contributed by atoms with Crippen LogP contribution >= 0.6 is 23.2 Å². The number of nitrogens with one attached hydrogen (secondary N) is 5. The van der Waals surface area contributed by atoms with Crippen molar-refractivity contribution < 1.29 is 9.47 Å². The maximum Gasteiger partial charge on any atom is 0.231 e. The molecule has 0 bridgehead atoms.